The van der Waals surface area contributed by atoms with Gasteiger partial charge in [-0.05, 0) is 30.4 Å². The van der Waals surface area contributed by atoms with Gasteiger partial charge in [0.2, 0.25) is 10.0 Å². The number of nitrogens with zero attached hydrogens (tertiary/aromatic N) is 1. The van der Waals surface area contributed by atoms with Gasteiger partial charge >= 0.3 is 0 Å². The van der Waals surface area contributed by atoms with Crippen molar-refractivity contribution in [3.8, 4) is 0 Å². The Morgan fingerprint density at radius 3 is 2.60 bits per heavy atom. The van der Waals surface area contributed by atoms with Gasteiger partial charge in [-0.2, -0.15) is 0 Å². The first-order valence-electron chi connectivity index (χ1n) is 6.27. The predicted octanol–water partition coefficient (Wildman–Crippen LogP) is 1.65. The third-order valence-electron chi connectivity index (χ3n) is 3.72. The molecule has 0 bridgehead atoms. The van der Waals surface area contributed by atoms with Crippen LogP contribution < -0.4 is 10.5 Å². The molecule has 110 valence electrons. The second-order valence-electron chi connectivity index (χ2n) is 5.47. The molecule has 0 heterocycles. The minimum Gasteiger partial charge on any atom is -0.399 e. The van der Waals surface area contributed by atoms with Crippen LogP contribution in [0.5, 0.6) is 0 Å². The maximum absolute atomic E-state index is 12.2. The van der Waals surface area contributed by atoms with E-state index in [9.17, 15) is 18.5 Å². The van der Waals surface area contributed by atoms with Crippen LogP contribution in [0.3, 0.4) is 0 Å². The minimum absolute atomic E-state index is 0.0534. The average molecular weight is 299 g/mol. The largest absolute Gasteiger partial charge is 0.399 e. The molecule has 3 N–H and O–H groups in total. The molecule has 0 aliphatic heterocycles. The van der Waals surface area contributed by atoms with Gasteiger partial charge in [0, 0.05) is 18.3 Å². The van der Waals surface area contributed by atoms with Crippen molar-refractivity contribution in [2.24, 2.45) is 5.41 Å². The van der Waals surface area contributed by atoms with E-state index < -0.39 is 20.6 Å². The van der Waals surface area contributed by atoms with Crippen molar-refractivity contribution in [2.75, 3.05) is 12.3 Å². The molecule has 1 aromatic rings. The summed E-state index contributed by atoms with van der Waals surface area (Å²) in [5, 5.41) is 10.9. The van der Waals surface area contributed by atoms with Crippen molar-refractivity contribution in [3.05, 3.63) is 28.3 Å². The quantitative estimate of drug-likeness (QED) is 0.487. The van der Waals surface area contributed by atoms with E-state index in [1.165, 1.54) is 6.07 Å². The molecular weight excluding hydrogens is 282 g/mol. The topological polar surface area (TPSA) is 115 Å². The Morgan fingerprint density at radius 1 is 1.45 bits per heavy atom. The van der Waals surface area contributed by atoms with Crippen molar-refractivity contribution in [1.82, 2.24) is 4.72 Å². The highest BCUT2D eigenvalue weighted by atomic mass is 32.2. The standard InChI is InChI=1S/C12H17N3O4S/c1-12(5-2-6-12)8-14-20(18,19)11-7-9(13)3-4-10(11)15(16)17/h3-4,7,14H,2,5-6,8,13H2,1H3. The van der Waals surface area contributed by atoms with Crippen LogP contribution in [0.1, 0.15) is 26.2 Å². The number of nitro groups is 1. The Kier molecular flexibility index (Phi) is 3.70. The maximum atomic E-state index is 12.2. The maximum Gasteiger partial charge on any atom is 0.289 e. The van der Waals surface area contributed by atoms with E-state index in [-0.39, 0.29) is 22.5 Å². The van der Waals surface area contributed by atoms with Gasteiger partial charge in [0.15, 0.2) is 4.90 Å². The Bertz CT molecular complexity index is 638. The number of anilines is 1. The van der Waals surface area contributed by atoms with Crippen LogP contribution in [0.2, 0.25) is 0 Å². The van der Waals surface area contributed by atoms with Gasteiger partial charge in [-0.25, -0.2) is 13.1 Å². The minimum atomic E-state index is -3.94. The molecule has 8 heteroatoms. The Labute approximate surface area is 117 Å². The van der Waals surface area contributed by atoms with E-state index in [1.807, 2.05) is 6.92 Å². The van der Waals surface area contributed by atoms with Gasteiger partial charge in [0.05, 0.1) is 4.92 Å². The molecule has 7 nitrogen and oxygen atoms in total. The highest BCUT2D eigenvalue weighted by Gasteiger charge is 2.34. The number of nitrogen functional groups attached to an aromatic ring is 1. The summed E-state index contributed by atoms with van der Waals surface area (Å²) in [6.07, 6.45) is 2.99. The van der Waals surface area contributed by atoms with Crippen LogP contribution in [-0.4, -0.2) is 19.9 Å². The van der Waals surface area contributed by atoms with Crippen molar-refractivity contribution in [2.45, 2.75) is 31.1 Å². The van der Waals surface area contributed by atoms with Crippen LogP contribution >= 0.6 is 0 Å². The van der Waals surface area contributed by atoms with E-state index in [2.05, 4.69) is 4.72 Å². The SMILES string of the molecule is CC1(CNS(=O)(=O)c2cc(N)ccc2[N+](=O)[O-])CCC1. The molecule has 1 fully saturated rings. The molecule has 0 unspecified atom stereocenters. The highest BCUT2D eigenvalue weighted by molar-refractivity contribution is 7.89. The number of rotatable bonds is 5. The molecule has 0 atom stereocenters. The predicted molar refractivity (Wildman–Crippen MR) is 74.7 cm³/mol. The Balaban J connectivity index is 2.28. The fourth-order valence-corrected chi connectivity index (χ4v) is 3.60. The molecule has 1 saturated carbocycles. The fraction of sp³-hybridized carbons (Fsp3) is 0.500. The summed E-state index contributed by atoms with van der Waals surface area (Å²) in [5.74, 6) is 0. The zero-order valence-electron chi connectivity index (χ0n) is 11.1. The zero-order valence-corrected chi connectivity index (χ0v) is 11.9. The lowest BCUT2D eigenvalue weighted by Crippen LogP contribution is -2.40. The zero-order chi connectivity index (χ0) is 15.0. The highest BCUT2D eigenvalue weighted by Crippen LogP contribution is 2.39. The third-order valence-corrected chi connectivity index (χ3v) is 5.15. The normalized spacial score (nSPS) is 17.4. The summed E-state index contributed by atoms with van der Waals surface area (Å²) in [5.41, 5.74) is 5.18. The first kappa shape index (κ1) is 14.7. The first-order valence-corrected chi connectivity index (χ1v) is 7.75. The lowest BCUT2D eigenvalue weighted by Gasteiger charge is -2.38. The summed E-state index contributed by atoms with van der Waals surface area (Å²) in [6.45, 7) is 2.27. The summed E-state index contributed by atoms with van der Waals surface area (Å²) in [4.78, 5) is 9.81. The number of nitrogens with two attached hydrogens (primary N) is 1. The second kappa shape index (κ2) is 5.02. The van der Waals surface area contributed by atoms with Gasteiger partial charge in [-0.1, -0.05) is 13.3 Å². The molecule has 0 amide bonds. The molecule has 0 spiro atoms. The number of nitrogens with one attached hydrogen (secondary N) is 1. The molecule has 2 rings (SSSR count). The summed E-state index contributed by atoms with van der Waals surface area (Å²) in [6, 6.07) is 3.53. The monoisotopic (exact) mass is 299 g/mol. The Morgan fingerprint density at radius 2 is 2.10 bits per heavy atom. The number of benzene rings is 1. The van der Waals surface area contributed by atoms with Gasteiger partial charge in [-0.3, -0.25) is 10.1 Å². The summed E-state index contributed by atoms with van der Waals surface area (Å²) in [7, 11) is -3.94. The first-order chi connectivity index (χ1) is 9.23. The van der Waals surface area contributed by atoms with E-state index in [0.29, 0.717) is 0 Å². The Hall–Kier alpha value is -1.67. The number of nitro benzene ring substituents is 1. The van der Waals surface area contributed by atoms with E-state index in [1.54, 1.807) is 0 Å². The molecule has 20 heavy (non-hydrogen) atoms. The molecule has 1 aliphatic rings. The van der Waals surface area contributed by atoms with Crippen LogP contribution in [0.4, 0.5) is 11.4 Å². The fourth-order valence-electron chi connectivity index (χ4n) is 2.20. The van der Waals surface area contributed by atoms with E-state index >= 15 is 0 Å². The van der Waals surface area contributed by atoms with Gasteiger partial charge in [0.1, 0.15) is 0 Å². The molecule has 1 aliphatic carbocycles. The van der Waals surface area contributed by atoms with Crippen molar-refractivity contribution < 1.29 is 13.3 Å². The molecular formula is C12H17N3O4S. The summed E-state index contributed by atoms with van der Waals surface area (Å²) < 4.78 is 26.9. The van der Waals surface area contributed by atoms with Crippen molar-refractivity contribution in [3.63, 3.8) is 0 Å². The second-order valence-corrected chi connectivity index (χ2v) is 7.21. The van der Waals surface area contributed by atoms with Gasteiger partial charge in [-0.15, -0.1) is 0 Å². The lowest BCUT2D eigenvalue weighted by molar-refractivity contribution is -0.387. The van der Waals surface area contributed by atoms with Gasteiger partial charge < -0.3 is 5.73 Å². The molecule has 0 saturated heterocycles. The van der Waals surface area contributed by atoms with Crippen molar-refractivity contribution >= 4 is 21.4 Å². The number of hydrogen-bond donors (Lipinski definition) is 2. The molecule has 0 aromatic heterocycles. The number of hydrogen-bond acceptors (Lipinski definition) is 5. The third kappa shape index (κ3) is 2.91. The van der Waals surface area contributed by atoms with E-state index in [4.69, 9.17) is 5.73 Å². The van der Waals surface area contributed by atoms with Gasteiger partial charge in [0.25, 0.3) is 5.69 Å². The van der Waals surface area contributed by atoms with Crippen LogP contribution in [0.15, 0.2) is 23.1 Å². The van der Waals surface area contributed by atoms with Crippen molar-refractivity contribution in [1.29, 1.82) is 0 Å². The molecule has 1 aromatic carbocycles. The summed E-state index contributed by atoms with van der Waals surface area (Å²) >= 11 is 0. The van der Waals surface area contributed by atoms with Crippen LogP contribution in [-0.2, 0) is 10.0 Å². The van der Waals surface area contributed by atoms with Crippen LogP contribution in [0.25, 0.3) is 0 Å². The molecule has 0 radical (unpaired) electrons. The average Bonchev–Trinajstić information content (AvgIpc) is 2.33. The van der Waals surface area contributed by atoms with Crippen LogP contribution in [0, 0.1) is 15.5 Å². The number of sulfonamides is 1. The smallest absolute Gasteiger partial charge is 0.289 e. The van der Waals surface area contributed by atoms with E-state index in [0.717, 1.165) is 31.4 Å². The lowest BCUT2D eigenvalue weighted by atomic mass is 9.71.